The van der Waals surface area contributed by atoms with Crippen LogP contribution in [0.25, 0.3) is 0 Å². The Morgan fingerprint density at radius 1 is 1.14 bits per heavy atom. The Hall–Kier alpha value is -3.58. The second kappa shape index (κ2) is 16.0. The van der Waals surface area contributed by atoms with Crippen LogP contribution in [-0.4, -0.2) is 138 Å². The van der Waals surface area contributed by atoms with Crippen LogP contribution in [0.1, 0.15) is 51.2 Å². The summed E-state index contributed by atoms with van der Waals surface area (Å²) < 4.78 is 18.4. The van der Waals surface area contributed by atoms with Crippen LogP contribution in [0.2, 0.25) is 0 Å². The van der Waals surface area contributed by atoms with Gasteiger partial charge in [0.1, 0.15) is 17.7 Å². The molecular formula is C37H52N4O8. The fraction of sp³-hybridized carbons (Fsp3) is 0.622. The standard InChI is InChI=1S/C37H52N4O8/c1-6-8-14-29(43)38(5)26(4)32(27-12-10-9-11-13-27)48-36(46)30-28-15-16-37(49-28)31(30)34(44)41(25(3)24-42)33(37)35(45)40(17-7-2)19-18-39-20-22-47-23-21-39/h6-7,9-13,25-26,28,30-33,42H,1-2,8,14-24H2,3-5H3/t25-,26-,28+,30-,31-,32+,33+,37-/m1/s1. The molecule has 1 spiro atoms. The highest BCUT2D eigenvalue weighted by Crippen LogP contribution is 2.59. The van der Waals surface area contributed by atoms with Crippen molar-refractivity contribution in [2.75, 3.05) is 59.6 Å². The highest BCUT2D eigenvalue weighted by Gasteiger charge is 2.75. The molecule has 0 unspecified atom stereocenters. The van der Waals surface area contributed by atoms with E-state index in [1.807, 2.05) is 37.3 Å². The molecule has 0 saturated carbocycles. The number of carbonyl (C=O) groups excluding carboxylic acids is 4. The summed E-state index contributed by atoms with van der Waals surface area (Å²) in [6.45, 7) is 14.9. The number of ether oxygens (including phenoxy) is 3. The summed E-state index contributed by atoms with van der Waals surface area (Å²) in [6.07, 6.45) is 3.64. The predicted molar refractivity (Wildman–Crippen MR) is 182 cm³/mol. The molecule has 4 aliphatic heterocycles. The molecule has 8 atom stereocenters. The van der Waals surface area contributed by atoms with E-state index in [0.29, 0.717) is 51.1 Å². The van der Waals surface area contributed by atoms with Crippen molar-refractivity contribution in [2.24, 2.45) is 11.8 Å². The van der Waals surface area contributed by atoms with Crippen LogP contribution in [0.4, 0.5) is 0 Å². The Labute approximate surface area is 289 Å². The van der Waals surface area contributed by atoms with Gasteiger partial charge in [-0.15, -0.1) is 13.2 Å². The lowest BCUT2D eigenvalue weighted by atomic mass is 9.70. The van der Waals surface area contributed by atoms with Gasteiger partial charge in [-0.3, -0.25) is 24.1 Å². The lowest BCUT2D eigenvalue weighted by Crippen LogP contribution is -2.59. The van der Waals surface area contributed by atoms with Crippen LogP contribution >= 0.6 is 0 Å². The van der Waals surface area contributed by atoms with E-state index >= 15 is 0 Å². The Kier molecular flexibility index (Phi) is 12.0. The second-order valence-corrected chi connectivity index (χ2v) is 13.7. The van der Waals surface area contributed by atoms with E-state index in [1.165, 1.54) is 4.90 Å². The number of hydrogen-bond donors (Lipinski definition) is 1. The van der Waals surface area contributed by atoms with E-state index in [-0.39, 0.29) is 31.4 Å². The van der Waals surface area contributed by atoms with Crippen molar-refractivity contribution in [1.82, 2.24) is 19.6 Å². The van der Waals surface area contributed by atoms with Gasteiger partial charge in [-0.2, -0.15) is 0 Å². The van der Waals surface area contributed by atoms with Crippen LogP contribution in [-0.2, 0) is 33.4 Å². The monoisotopic (exact) mass is 680 g/mol. The summed E-state index contributed by atoms with van der Waals surface area (Å²) in [7, 11) is 1.69. The van der Waals surface area contributed by atoms with Gasteiger partial charge in [0.15, 0.2) is 0 Å². The lowest BCUT2D eigenvalue weighted by molar-refractivity contribution is -0.165. The van der Waals surface area contributed by atoms with Crippen molar-refractivity contribution >= 4 is 23.7 Å². The Bertz CT molecular complexity index is 1370. The molecule has 4 fully saturated rings. The third kappa shape index (κ3) is 7.19. The smallest absolute Gasteiger partial charge is 0.313 e. The predicted octanol–water partition coefficient (Wildman–Crippen LogP) is 2.19. The van der Waals surface area contributed by atoms with Gasteiger partial charge in [0, 0.05) is 46.2 Å². The third-order valence-corrected chi connectivity index (χ3v) is 10.8. The maximum Gasteiger partial charge on any atom is 0.313 e. The molecule has 0 aliphatic carbocycles. The van der Waals surface area contributed by atoms with E-state index in [2.05, 4.69) is 18.1 Å². The number of amides is 3. The topological polar surface area (TPSA) is 129 Å². The van der Waals surface area contributed by atoms with Crippen LogP contribution in [0.3, 0.4) is 0 Å². The van der Waals surface area contributed by atoms with Crippen LogP contribution in [0.15, 0.2) is 55.6 Å². The van der Waals surface area contributed by atoms with Gasteiger partial charge in [-0.1, -0.05) is 42.5 Å². The number of rotatable bonds is 16. The average molecular weight is 681 g/mol. The summed E-state index contributed by atoms with van der Waals surface area (Å²) in [4.78, 5) is 63.3. The van der Waals surface area contributed by atoms with Gasteiger partial charge in [-0.05, 0) is 38.7 Å². The summed E-state index contributed by atoms with van der Waals surface area (Å²) >= 11 is 0. The van der Waals surface area contributed by atoms with Crippen LogP contribution in [0.5, 0.6) is 0 Å². The number of aliphatic hydroxyl groups is 1. The van der Waals surface area contributed by atoms with Crippen molar-refractivity contribution in [3.05, 3.63) is 61.2 Å². The molecule has 5 rings (SSSR count). The van der Waals surface area contributed by atoms with E-state index in [1.54, 1.807) is 35.9 Å². The number of carbonyl (C=O) groups is 4. The number of hydrogen-bond acceptors (Lipinski definition) is 9. The van der Waals surface area contributed by atoms with Crippen LogP contribution in [0, 0.1) is 11.8 Å². The molecule has 4 aliphatic rings. The minimum atomic E-state index is -1.24. The third-order valence-electron chi connectivity index (χ3n) is 10.8. The van der Waals surface area contributed by atoms with E-state index in [4.69, 9.17) is 14.2 Å². The second-order valence-electron chi connectivity index (χ2n) is 13.7. The Morgan fingerprint density at radius 3 is 2.51 bits per heavy atom. The van der Waals surface area contributed by atoms with Crippen molar-refractivity contribution < 1.29 is 38.5 Å². The van der Waals surface area contributed by atoms with Gasteiger partial charge < -0.3 is 34.0 Å². The molecule has 1 aromatic carbocycles. The molecule has 12 heteroatoms. The van der Waals surface area contributed by atoms with Crippen molar-refractivity contribution in [2.45, 2.75) is 75.5 Å². The zero-order valence-electron chi connectivity index (χ0n) is 29.1. The number of aliphatic hydroxyl groups excluding tert-OH is 1. The average Bonchev–Trinajstić information content (AvgIpc) is 3.78. The SMILES string of the molecule is C=CCCC(=O)N(C)[C@H](C)[C@H](OC(=O)[C@@H]1[C@@H]2CC[C@]3(O2)[C@H](C(=O)N(CC=C)CCN2CCOCC2)N([C@H](C)CO)C(=O)[C@@H]13)c1ccccc1. The summed E-state index contributed by atoms with van der Waals surface area (Å²) in [5.74, 6) is -3.28. The molecule has 4 saturated heterocycles. The normalized spacial score (nSPS) is 28.0. The highest BCUT2D eigenvalue weighted by atomic mass is 16.6. The number of nitrogens with zero attached hydrogens (tertiary/aromatic N) is 4. The van der Waals surface area contributed by atoms with Crippen molar-refractivity contribution in [3.63, 3.8) is 0 Å². The number of likely N-dealkylation sites (N-methyl/N-ethyl adjacent to an activating group) is 1. The Balaban J connectivity index is 1.43. The summed E-state index contributed by atoms with van der Waals surface area (Å²) in [5.41, 5.74) is -0.525. The fourth-order valence-electron chi connectivity index (χ4n) is 8.03. The number of likely N-dealkylation sites (tertiary alicyclic amines) is 1. The first kappa shape index (κ1) is 36.7. The molecule has 12 nitrogen and oxygen atoms in total. The quantitative estimate of drug-likeness (QED) is 0.206. The van der Waals surface area contributed by atoms with Gasteiger partial charge in [-0.25, -0.2) is 0 Å². The zero-order chi connectivity index (χ0) is 35.3. The minimum absolute atomic E-state index is 0.106. The van der Waals surface area contributed by atoms with Crippen molar-refractivity contribution in [3.8, 4) is 0 Å². The van der Waals surface area contributed by atoms with E-state index in [9.17, 15) is 24.3 Å². The first-order valence-corrected chi connectivity index (χ1v) is 17.5. The molecule has 4 heterocycles. The number of esters is 1. The highest BCUT2D eigenvalue weighted by molar-refractivity contribution is 5.98. The summed E-state index contributed by atoms with van der Waals surface area (Å²) in [5, 5.41) is 10.3. The Morgan fingerprint density at radius 2 is 1.86 bits per heavy atom. The zero-order valence-corrected chi connectivity index (χ0v) is 29.1. The molecule has 268 valence electrons. The molecule has 0 radical (unpaired) electrons. The largest absolute Gasteiger partial charge is 0.455 e. The number of fused-ring (bicyclic) bond motifs is 1. The molecule has 49 heavy (non-hydrogen) atoms. The van der Waals surface area contributed by atoms with Gasteiger partial charge in [0.25, 0.3) is 0 Å². The number of allylic oxidation sites excluding steroid dienone is 1. The number of morpholine rings is 1. The van der Waals surface area contributed by atoms with Crippen LogP contribution < -0.4 is 0 Å². The minimum Gasteiger partial charge on any atom is -0.455 e. The van der Waals surface area contributed by atoms with Gasteiger partial charge >= 0.3 is 5.97 Å². The molecule has 2 bridgehead atoms. The molecular weight excluding hydrogens is 628 g/mol. The number of benzene rings is 1. The van der Waals surface area contributed by atoms with E-state index in [0.717, 1.165) is 13.1 Å². The maximum absolute atomic E-state index is 14.6. The lowest BCUT2D eigenvalue weighted by Gasteiger charge is -2.39. The van der Waals surface area contributed by atoms with E-state index < -0.39 is 59.6 Å². The van der Waals surface area contributed by atoms with Gasteiger partial charge in [0.2, 0.25) is 17.7 Å². The molecule has 3 amide bonds. The molecule has 1 aromatic rings. The fourth-order valence-corrected chi connectivity index (χ4v) is 8.03. The first-order valence-electron chi connectivity index (χ1n) is 17.5. The molecule has 1 N–H and O–H groups in total. The summed E-state index contributed by atoms with van der Waals surface area (Å²) in [6, 6.07) is 7.03. The van der Waals surface area contributed by atoms with Gasteiger partial charge in [0.05, 0.1) is 49.8 Å². The molecule has 0 aromatic heterocycles. The maximum atomic E-state index is 14.6. The van der Waals surface area contributed by atoms with Crippen molar-refractivity contribution in [1.29, 1.82) is 0 Å². The first-order chi connectivity index (χ1) is 23.6.